The predicted molar refractivity (Wildman–Crippen MR) is 71.5 cm³/mol. The average molecular weight is 230 g/mol. The summed E-state index contributed by atoms with van der Waals surface area (Å²) in [6.07, 6.45) is 2.00. The minimum absolute atomic E-state index is 0.190. The number of hydrogen-bond acceptors (Lipinski definition) is 2. The molecule has 0 saturated heterocycles. The first-order valence-corrected chi connectivity index (χ1v) is 6.22. The maximum absolute atomic E-state index is 8.89. The van der Waals surface area contributed by atoms with Crippen LogP contribution in [0.3, 0.4) is 0 Å². The maximum atomic E-state index is 8.89. The molecule has 1 rings (SSSR count). The number of nitriles is 1. The van der Waals surface area contributed by atoms with Crippen LogP contribution in [0.2, 0.25) is 0 Å². The Kier molecular flexibility index (Phi) is 5.18. The normalized spacial score (nSPS) is 11.2. The third-order valence-electron chi connectivity index (χ3n) is 3.03. The molecule has 2 heteroatoms. The van der Waals surface area contributed by atoms with E-state index in [0.717, 1.165) is 25.9 Å². The van der Waals surface area contributed by atoms with Crippen molar-refractivity contribution >= 4 is 0 Å². The Bertz CT molecular complexity index is 388. The number of nitrogens with one attached hydrogen (secondary N) is 1. The van der Waals surface area contributed by atoms with Gasteiger partial charge in [-0.15, -0.1) is 0 Å². The van der Waals surface area contributed by atoms with Gasteiger partial charge in [0.2, 0.25) is 0 Å². The molecule has 0 heterocycles. The maximum Gasteiger partial charge on any atom is 0.0683 e. The van der Waals surface area contributed by atoms with Crippen molar-refractivity contribution in [1.29, 1.82) is 5.26 Å². The van der Waals surface area contributed by atoms with Gasteiger partial charge in [0.15, 0.2) is 0 Å². The van der Waals surface area contributed by atoms with Crippen molar-refractivity contribution in [3.05, 3.63) is 35.4 Å². The van der Waals surface area contributed by atoms with E-state index in [0.29, 0.717) is 0 Å². The van der Waals surface area contributed by atoms with Gasteiger partial charge in [0.05, 0.1) is 11.5 Å². The third kappa shape index (κ3) is 5.01. The van der Waals surface area contributed by atoms with Crippen molar-refractivity contribution in [3.8, 4) is 6.07 Å². The van der Waals surface area contributed by atoms with E-state index in [1.165, 1.54) is 11.1 Å². The van der Waals surface area contributed by atoms with Gasteiger partial charge >= 0.3 is 0 Å². The van der Waals surface area contributed by atoms with Crippen LogP contribution in [0, 0.1) is 23.7 Å². The van der Waals surface area contributed by atoms with Gasteiger partial charge in [0.1, 0.15) is 0 Å². The molecule has 0 radical (unpaired) electrons. The molecule has 1 N–H and O–H groups in total. The number of aryl methyl sites for hydroxylation is 1. The number of hydrogen-bond donors (Lipinski definition) is 1. The van der Waals surface area contributed by atoms with Crippen LogP contribution in [0.15, 0.2) is 24.3 Å². The molecule has 0 fully saturated rings. The highest BCUT2D eigenvalue weighted by Crippen LogP contribution is 2.19. The summed E-state index contributed by atoms with van der Waals surface area (Å²) < 4.78 is 0. The zero-order valence-corrected chi connectivity index (χ0v) is 11.1. The monoisotopic (exact) mass is 230 g/mol. The number of benzene rings is 1. The van der Waals surface area contributed by atoms with Crippen LogP contribution < -0.4 is 5.32 Å². The van der Waals surface area contributed by atoms with Gasteiger partial charge in [0, 0.05) is 6.54 Å². The van der Waals surface area contributed by atoms with Gasteiger partial charge in [-0.25, -0.2) is 0 Å². The smallest absolute Gasteiger partial charge is 0.0683 e. The molecule has 0 atom stereocenters. The van der Waals surface area contributed by atoms with Crippen molar-refractivity contribution in [3.63, 3.8) is 0 Å². The lowest BCUT2D eigenvalue weighted by atomic mass is 9.90. The Balaban J connectivity index is 2.22. The lowest BCUT2D eigenvalue weighted by Gasteiger charge is -2.14. The zero-order chi connectivity index (χ0) is 12.7. The summed E-state index contributed by atoms with van der Waals surface area (Å²) >= 11 is 0. The quantitative estimate of drug-likeness (QED) is 0.760. The molecule has 17 heavy (non-hydrogen) atoms. The fraction of sp³-hybridized carbons (Fsp3) is 0.533. The molecule has 0 aromatic heterocycles. The van der Waals surface area contributed by atoms with Crippen LogP contribution in [-0.2, 0) is 6.54 Å². The van der Waals surface area contributed by atoms with E-state index in [9.17, 15) is 0 Å². The summed E-state index contributed by atoms with van der Waals surface area (Å²) in [4.78, 5) is 0. The number of nitrogens with zero attached hydrogens (tertiary/aromatic N) is 1. The highest BCUT2D eigenvalue weighted by atomic mass is 14.8. The van der Waals surface area contributed by atoms with E-state index in [2.05, 4.69) is 42.6 Å². The molecule has 0 spiro atoms. The van der Waals surface area contributed by atoms with E-state index in [4.69, 9.17) is 5.26 Å². The lowest BCUT2D eigenvalue weighted by Crippen LogP contribution is -2.18. The van der Waals surface area contributed by atoms with Crippen LogP contribution in [0.5, 0.6) is 0 Å². The van der Waals surface area contributed by atoms with Crippen LogP contribution in [-0.4, -0.2) is 6.54 Å². The molecule has 0 bridgehead atoms. The highest BCUT2D eigenvalue weighted by Gasteiger charge is 2.15. The minimum Gasteiger partial charge on any atom is -0.313 e. The van der Waals surface area contributed by atoms with Gasteiger partial charge in [-0.1, -0.05) is 24.3 Å². The average Bonchev–Trinajstić information content (AvgIpc) is 2.31. The molecule has 0 unspecified atom stereocenters. The summed E-state index contributed by atoms with van der Waals surface area (Å²) in [5, 5.41) is 12.3. The second kappa shape index (κ2) is 6.42. The van der Waals surface area contributed by atoms with Crippen LogP contribution in [0.4, 0.5) is 0 Å². The molecule has 0 aliphatic rings. The van der Waals surface area contributed by atoms with Crippen molar-refractivity contribution < 1.29 is 0 Å². The second-order valence-corrected chi connectivity index (χ2v) is 5.20. The Hall–Kier alpha value is -1.33. The predicted octanol–water partition coefficient (Wildman–Crippen LogP) is 3.41. The molecule has 92 valence electrons. The molecular weight excluding hydrogens is 208 g/mol. The van der Waals surface area contributed by atoms with E-state index >= 15 is 0 Å². The minimum atomic E-state index is -0.190. The first-order chi connectivity index (χ1) is 8.05. The standard InChI is InChI=1S/C15H22N2/c1-13-7-4-5-8-14(13)11-17-10-6-9-15(2,3)12-16/h4-5,7-8,17H,6,9-11H2,1-3H3. The zero-order valence-electron chi connectivity index (χ0n) is 11.1. The van der Waals surface area contributed by atoms with Crippen LogP contribution in [0.1, 0.15) is 37.8 Å². The SMILES string of the molecule is Cc1ccccc1CNCCCC(C)(C)C#N. The Labute approximate surface area is 105 Å². The van der Waals surface area contributed by atoms with E-state index < -0.39 is 0 Å². The van der Waals surface area contributed by atoms with Crippen molar-refractivity contribution in [1.82, 2.24) is 5.32 Å². The first kappa shape index (κ1) is 13.7. The molecule has 0 aliphatic heterocycles. The highest BCUT2D eigenvalue weighted by molar-refractivity contribution is 5.25. The fourth-order valence-electron chi connectivity index (χ4n) is 1.74. The van der Waals surface area contributed by atoms with E-state index in [1.807, 2.05) is 13.8 Å². The van der Waals surface area contributed by atoms with Crippen LogP contribution >= 0.6 is 0 Å². The van der Waals surface area contributed by atoms with E-state index in [1.54, 1.807) is 0 Å². The number of rotatable bonds is 6. The Morgan fingerprint density at radius 2 is 2.00 bits per heavy atom. The molecular formula is C15H22N2. The molecule has 0 aliphatic carbocycles. The summed E-state index contributed by atoms with van der Waals surface area (Å²) in [5.74, 6) is 0. The third-order valence-corrected chi connectivity index (χ3v) is 3.03. The second-order valence-electron chi connectivity index (χ2n) is 5.20. The first-order valence-electron chi connectivity index (χ1n) is 6.22. The Morgan fingerprint density at radius 3 is 2.65 bits per heavy atom. The summed E-state index contributed by atoms with van der Waals surface area (Å²) in [5.41, 5.74) is 2.49. The summed E-state index contributed by atoms with van der Waals surface area (Å²) in [6, 6.07) is 10.8. The molecule has 0 saturated carbocycles. The van der Waals surface area contributed by atoms with Crippen molar-refractivity contribution in [2.45, 2.75) is 40.2 Å². The molecule has 1 aromatic rings. The topological polar surface area (TPSA) is 35.8 Å². The van der Waals surface area contributed by atoms with Crippen molar-refractivity contribution in [2.75, 3.05) is 6.54 Å². The fourth-order valence-corrected chi connectivity index (χ4v) is 1.74. The van der Waals surface area contributed by atoms with Gasteiger partial charge in [-0.3, -0.25) is 0 Å². The van der Waals surface area contributed by atoms with E-state index in [-0.39, 0.29) is 5.41 Å². The summed E-state index contributed by atoms with van der Waals surface area (Å²) in [6.45, 7) is 8.01. The van der Waals surface area contributed by atoms with Gasteiger partial charge < -0.3 is 5.32 Å². The van der Waals surface area contributed by atoms with Gasteiger partial charge in [-0.05, 0) is 51.3 Å². The summed E-state index contributed by atoms with van der Waals surface area (Å²) in [7, 11) is 0. The van der Waals surface area contributed by atoms with Gasteiger partial charge in [-0.2, -0.15) is 5.26 Å². The lowest BCUT2D eigenvalue weighted by molar-refractivity contribution is 0.426. The van der Waals surface area contributed by atoms with Crippen molar-refractivity contribution in [2.24, 2.45) is 5.41 Å². The molecule has 1 aromatic carbocycles. The van der Waals surface area contributed by atoms with Gasteiger partial charge in [0.25, 0.3) is 0 Å². The molecule has 2 nitrogen and oxygen atoms in total. The Morgan fingerprint density at radius 1 is 1.29 bits per heavy atom. The largest absolute Gasteiger partial charge is 0.313 e. The van der Waals surface area contributed by atoms with Crippen LogP contribution in [0.25, 0.3) is 0 Å². The molecule has 0 amide bonds.